The molecule has 0 unspecified atom stereocenters. The summed E-state index contributed by atoms with van der Waals surface area (Å²) in [6.45, 7) is 9.33. The van der Waals surface area contributed by atoms with Crippen LogP contribution < -0.4 is 0 Å². The Morgan fingerprint density at radius 3 is 1.28 bits per heavy atom. The average molecular weight is 521 g/mol. The maximum absolute atomic E-state index is 4.81. The van der Waals surface area contributed by atoms with Crippen LogP contribution >= 0.6 is 11.7 Å². The van der Waals surface area contributed by atoms with Crippen LogP contribution in [0.2, 0.25) is 0 Å². The maximum Gasteiger partial charge on any atom is 0.113 e. The molecule has 0 N–H and O–H groups in total. The van der Waals surface area contributed by atoms with Crippen molar-refractivity contribution in [1.29, 1.82) is 0 Å². The molecule has 0 bridgehead atoms. The van der Waals surface area contributed by atoms with Gasteiger partial charge in [-0.15, -0.1) is 0 Å². The monoisotopic (exact) mass is 520 g/mol. The van der Waals surface area contributed by atoms with Gasteiger partial charge in [0.15, 0.2) is 0 Å². The summed E-state index contributed by atoms with van der Waals surface area (Å²) in [5.74, 6) is 0. The quantitative estimate of drug-likeness (QED) is 0.227. The zero-order valence-corrected chi connectivity index (χ0v) is 23.4. The zero-order valence-electron chi connectivity index (χ0n) is 22.5. The molecule has 2 nitrogen and oxygen atoms in total. The van der Waals surface area contributed by atoms with E-state index in [1.807, 2.05) is 0 Å². The van der Waals surface area contributed by atoms with Gasteiger partial charge in [-0.2, -0.15) is 8.75 Å². The van der Waals surface area contributed by atoms with Crippen molar-refractivity contribution in [2.75, 3.05) is 0 Å². The molecule has 0 saturated heterocycles. The van der Waals surface area contributed by atoms with Gasteiger partial charge in [-0.05, 0) is 67.8 Å². The van der Waals surface area contributed by atoms with Gasteiger partial charge in [0.25, 0.3) is 0 Å². The number of hydrogen-bond donors (Lipinski definition) is 0. The van der Waals surface area contributed by atoms with Crippen molar-refractivity contribution in [3.63, 3.8) is 0 Å². The number of aromatic nitrogens is 2. The molecule has 8 rings (SSSR count). The van der Waals surface area contributed by atoms with E-state index in [0.29, 0.717) is 0 Å². The normalized spacial score (nSPS) is 15.6. The zero-order chi connectivity index (χ0) is 26.5. The number of hydrogen-bond acceptors (Lipinski definition) is 3. The van der Waals surface area contributed by atoms with Crippen LogP contribution in [0.1, 0.15) is 49.9 Å². The van der Waals surface area contributed by atoms with Crippen molar-refractivity contribution in [3.05, 3.63) is 119 Å². The van der Waals surface area contributed by atoms with E-state index in [0.717, 1.165) is 22.2 Å². The van der Waals surface area contributed by atoms with E-state index in [1.165, 1.54) is 67.4 Å². The number of rotatable bonds is 2. The Labute approximate surface area is 233 Å². The molecule has 5 aromatic carbocycles. The van der Waals surface area contributed by atoms with E-state index in [1.54, 1.807) is 0 Å². The second-order valence-electron chi connectivity index (χ2n) is 12.0. The molecule has 0 fully saturated rings. The lowest BCUT2D eigenvalue weighted by Gasteiger charge is -2.22. The summed E-state index contributed by atoms with van der Waals surface area (Å²) in [5, 5.41) is 0. The lowest BCUT2D eigenvalue weighted by molar-refractivity contribution is 0.660. The highest BCUT2D eigenvalue weighted by atomic mass is 32.1. The Bertz CT molecular complexity index is 1830. The Balaban J connectivity index is 1.26. The average Bonchev–Trinajstić information content (AvgIpc) is 3.60. The van der Waals surface area contributed by atoms with Gasteiger partial charge in [0.05, 0.1) is 11.7 Å². The fraction of sp³-hybridized carbons (Fsp3) is 0.167. The third kappa shape index (κ3) is 3.02. The molecule has 6 aromatic rings. The molecule has 2 aliphatic rings. The molecule has 0 atom stereocenters. The lowest BCUT2D eigenvalue weighted by atomic mass is 9.81. The third-order valence-corrected chi connectivity index (χ3v) is 9.73. The van der Waals surface area contributed by atoms with Gasteiger partial charge in [-0.25, -0.2) is 0 Å². The molecule has 2 aliphatic carbocycles. The minimum atomic E-state index is -0.0316. The first-order valence-corrected chi connectivity index (χ1v) is 14.3. The summed E-state index contributed by atoms with van der Waals surface area (Å²) in [4.78, 5) is 0. The first-order valence-electron chi connectivity index (χ1n) is 13.6. The lowest BCUT2D eigenvalue weighted by Crippen LogP contribution is -2.15. The Morgan fingerprint density at radius 1 is 0.436 bits per heavy atom. The predicted octanol–water partition coefficient (Wildman–Crippen LogP) is 9.64. The van der Waals surface area contributed by atoms with Crippen molar-refractivity contribution in [2.24, 2.45) is 0 Å². The first kappa shape index (κ1) is 22.9. The molecule has 0 radical (unpaired) electrons. The summed E-state index contributed by atoms with van der Waals surface area (Å²) in [6.07, 6.45) is 0. The summed E-state index contributed by atoms with van der Waals surface area (Å²) in [5.41, 5.74) is 17.5. The van der Waals surface area contributed by atoms with Crippen LogP contribution in [-0.4, -0.2) is 8.75 Å². The summed E-state index contributed by atoms with van der Waals surface area (Å²) >= 11 is 1.30. The highest BCUT2D eigenvalue weighted by molar-refractivity contribution is 7.00. The van der Waals surface area contributed by atoms with Crippen molar-refractivity contribution < 1.29 is 0 Å². The van der Waals surface area contributed by atoms with E-state index in [-0.39, 0.29) is 10.8 Å². The molecule has 0 spiro atoms. The van der Waals surface area contributed by atoms with Gasteiger partial charge in [-0.3, -0.25) is 0 Å². The summed E-state index contributed by atoms with van der Waals surface area (Å²) < 4.78 is 9.63. The SMILES string of the molecule is CC1(C)c2ccccc2-c2ccc(-c3ccc(-c4ccc5c(c4)C(C)(C)c4ccccc4-5)c4nsnc34)cc21. The molecule has 0 aliphatic heterocycles. The first-order chi connectivity index (χ1) is 18.9. The summed E-state index contributed by atoms with van der Waals surface area (Å²) in [6, 6.07) is 35.9. The molecule has 3 heteroatoms. The van der Waals surface area contributed by atoms with Crippen molar-refractivity contribution >= 4 is 22.8 Å². The van der Waals surface area contributed by atoms with Gasteiger partial charge < -0.3 is 0 Å². The van der Waals surface area contributed by atoms with E-state index in [2.05, 4.69) is 125 Å². The predicted molar refractivity (Wildman–Crippen MR) is 163 cm³/mol. The molecular weight excluding hydrogens is 492 g/mol. The van der Waals surface area contributed by atoms with Gasteiger partial charge in [0, 0.05) is 22.0 Å². The van der Waals surface area contributed by atoms with Crippen LogP contribution in [-0.2, 0) is 10.8 Å². The minimum Gasteiger partial charge on any atom is -0.172 e. The highest BCUT2D eigenvalue weighted by Crippen LogP contribution is 2.51. The Kier molecular flexibility index (Phi) is 4.54. The summed E-state index contributed by atoms with van der Waals surface area (Å²) in [7, 11) is 0. The van der Waals surface area contributed by atoms with Crippen LogP contribution in [0.5, 0.6) is 0 Å². The van der Waals surface area contributed by atoms with Crippen LogP contribution in [0.4, 0.5) is 0 Å². The molecular formula is C36H28N2S. The van der Waals surface area contributed by atoms with Crippen LogP contribution in [0.25, 0.3) is 55.5 Å². The van der Waals surface area contributed by atoms with E-state index < -0.39 is 0 Å². The van der Waals surface area contributed by atoms with Crippen molar-refractivity contribution in [3.8, 4) is 44.5 Å². The second kappa shape index (κ2) is 7.74. The second-order valence-corrected chi connectivity index (χ2v) is 12.5. The molecule has 39 heavy (non-hydrogen) atoms. The molecule has 0 saturated carbocycles. The molecule has 188 valence electrons. The highest BCUT2D eigenvalue weighted by Gasteiger charge is 2.36. The third-order valence-electron chi connectivity index (χ3n) is 9.20. The van der Waals surface area contributed by atoms with Gasteiger partial charge in [0.2, 0.25) is 0 Å². The number of benzene rings is 5. The largest absolute Gasteiger partial charge is 0.172 e. The van der Waals surface area contributed by atoms with E-state index in [9.17, 15) is 0 Å². The van der Waals surface area contributed by atoms with Crippen LogP contribution in [0, 0.1) is 0 Å². The minimum absolute atomic E-state index is 0.0316. The topological polar surface area (TPSA) is 25.8 Å². The van der Waals surface area contributed by atoms with Crippen LogP contribution in [0.3, 0.4) is 0 Å². The fourth-order valence-electron chi connectivity index (χ4n) is 7.08. The maximum atomic E-state index is 4.81. The molecule has 1 aromatic heterocycles. The fourth-order valence-corrected chi connectivity index (χ4v) is 7.65. The number of fused-ring (bicyclic) bond motifs is 7. The van der Waals surface area contributed by atoms with E-state index in [4.69, 9.17) is 8.75 Å². The Morgan fingerprint density at radius 2 is 0.821 bits per heavy atom. The molecule has 0 amide bonds. The standard InChI is InChI=1S/C36H28N2S/c1-35(2)29-11-7-5-9-25(29)27-15-13-21(19-31(27)35)23-17-18-24(34-33(23)37-39-38-34)22-14-16-28-26-10-6-8-12-30(26)36(3,4)32(28)20-22/h5-20H,1-4H3. The van der Waals surface area contributed by atoms with Gasteiger partial charge in [-0.1, -0.05) is 113 Å². The van der Waals surface area contributed by atoms with Crippen molar-refractivity contribution in [2.45, 2.75) is 38.5 Å². The molecule has 1 heterocycles. The van der Waals surface area contributed by atoms with Gasteiger partial charge in [0.1, 0.15) is 11.0 Å². The Hall–Kier alpha value is -4.08. The van der Waals surface area contributed by atoms with Gasteiger partial charge >= 0.3 is 0 Å². The number of nitrogens with zero attached hydrogens (tertiary/aromatic N) is 2. The van der Waals surface area contributed by atoms with Crippen LogP contribution in [0.15, 0.2) is 97.1 Å². The van der Waals surface area contributed by atoms with Crippen molar-refractivity contribution in [1.82, 2.24) is 8.75 Å². The van der Waals surface area contributed by atoms with E-state index >= 15 is 0 Å². The smallest absolute Gasteiger partial charge is 0.113 e.